The van der Waals surface area contributed by atoms with E-state index in [-0.39, 0.29) is 0 Å². The van der Waals surface area contributed by atoms with E-state index in [0.29, 0.717) is 5.75 Å². The number of hydrogen-bond acceptors (Lipinski definition) is 2. The number of rotatable bonds is 1. The van der Waals surface area contributed by atoms with Crippen LogP contribution in [0.3, 0.4) is 0 Å². The van der Waals surface area contributed by atoms with E-state index in [4.69, 9.17) is 29.7 Å². The molecule has 1 heterocycles. The molecule has 84 valence electrons. The maximum atomic E-state index is 4.93. The van der Waals surface area contributed by atoms with Crippen molar-refractivity contribution in [3.63, 3.8) is 0 Å². The molecule has 0 saturated heterocycles. The minimum atomic E-state index is -0.826. The molecule has 1 aromatic rings. The van der Waals surface area contributed by atoms with Crippen LogP contribution in [-0.4, -0.2) is 4.98 Å². The van der Waals surface area contributed by atoms with E-state index in [0.717, 1.165) is 12.1 Å². The molecule has 0 N–H and O–H groups in total. The topological polar surface area (TPSA) is 12.9 Å². The van der Waals surface area contributed by atoms with Crippen LogP contribution in [-0.2, 0) is 39.2 Å². The van der Waals surface area contributed by atoms with E-state index in [1.165, 1.54) is 0 Å². The van der Waals surface area contributed by atoms with Crippen molar-refractivity contribution in [1.29, 1.82) is 0 Å². The van der Waals surface area contributed by atoms with Gasteiger partial charge in [-0.05, 0) is 12.1 Å². The summed E-state index contributed by atoms with van der Waals surface area (Å²) in [5, 5.41) is 0. The standard InChI is InChI=1S/C6H7NS.C5H5.2ClH.Zr/c8-5-6-3-1-2-4-7-6;1-2-4-5-3-1;;;/h1-4,8H,5H2;1-3H,4H2;2*1H;/q;-1;;;+4/p-3. The summed E-state index contributed by atoms with van der Waals surface area (Å²) in [6.45, 7) is 0. The Bertz CT molecular complexity index is 294. The molecule has 0 fully saturated rings. The van der Waals surface area contributed by atoms with Gasteiger partial charge in [0.2, 0.25) is 0 Å². The summed E-state index contributed by atoms with van der Waals surface area (Å²) >= 11 is 3.93. The van der Waals surface area contributed by atoms with Crippen LogP contribution in [0.5, 0.6) is 0 Å². The predicted octanol–water partition coefficient (Wildman–Crippen LogP) is 3.81. The van der Waals surface area contributed by atoms with Gasteiger partial charge in [-0.1, -0.05) is 6.07 Å². The number of aromatic nitrogens is 1. The summed E-state index contributed by atoms with van der Waals surface area (Å²) < 4.78 is 0. The van der Waals surface area contributed by atoms with Crippen molar-refractivity contribution >= 4 is 29.7 Å². The van der Waals surface area contributed by atoms with Gasteiger partial charge in [0.05, 0.1) is 0 Å². The summed E-state index contributed by atoms with van der Waals surface area (Å²) in [5.41, 5.74) is 0.975. The molecule has 1 aliphatic rings. The summed E-state index contributed by atoms with van der Waals surface area (Å²) in [6, 6.07) is 5.75. The fourth-order valence-electron chi connectivity index (χ4n) is 0.824. The van der Waals surface area contributed by atoms with Crippen molar-refractivity contribution < 1.29 is 20.8 Å². The third-order valence-corrected chi connectivity index (χ3v) is 1.76. The summed E-state index contributed by atoms with van der Waals surface area (Å²) in [6.07, 6.45) is 11.8. The van der Waals surface area contributed by atoms with Crippen molar-refractivity contribution in [3.8, 4) is 0 Å². The zero-order valence-electron chi connectivity index (χ0n) is 8.57. The number of halogens is 2. The molecular weight excluding hydrogens is 340 g/mol. The number of pyridine rings is 1. The Balaban J connectivity index is 0.000000241. The minimum Gasteiger partial charge on any atom is -0.787 e. The van der Waals surface area contributed by atoms with Crippen molar-refractivity contribution in [2.45, 2.75) is 12.2 Å². The third-order valence-electron chi connectivity index (χ3n) is 1.46. The Hall–Kier alpha value is 0.443. The molecule has 1 aromatic heterocycles. The van der Waals surface area contributed by atoms with Crippen LogP contribution < -0.4 is 0 Å². The van der Waals surface area contributed by atoms with Crippen LogP contribution in [0.25, 0.3) is 0 Å². The first-order valence-corrected chi connectivity index (χ1v) is 11.4. The number of nitrogens with zero attached hydrogens (tertiary/aromatic N) is 1. The maximum absolute atomic E-state index is 4.93. The maximum Gasteiger partial charge on any atom is 0.0270 e. The SMILES string of the molecule is [C-]1=CC=CC1.[Cl][Zr+2][Cl].[S-]Cc1ccccn1. The molecule has 0 saturated carbocycles. The third kappa shape index (κ3) is 10.9. The van der Waals surface area contributed by atoms with Gasteiger partial charge in [0, 0.05) is 11.9 Å². The molecule has 1 aliphatic carbocycles. The largest absolute Gasteiger partial charge is 0.787 e. The molecule has 0 spiro atoms. The zero-order valence-corrected chi connectivity index (χ0v) is 13.4. The fourth-order valence-corrected chi connectivity index (χ4v) is 0.994. The van der Waals surface area contributed by atoms with E-state index < -0.39 is 20.8 Å². The van der Waals surface area contributed by atoms with Crippen LogP contribution >= 0.6 is 17.0 Å². The first-order chi connectivity index (χ1) is 7.85. The summed E-state index contributed by atoms with van der Waals surface area (Å²) in [4.78, 5) is 3.99. The van der Waals surface area contributed by atoms with Gasteiger partial charge in [-0.25, -0.2) is 12.2 Å². The van der Waals surface area contributed by atoms with Crippen molar-refractivity contribution in [3.05, 3.63) is 54.4 Å². The van der Waals surface area contributed by atoms with Gasteiger partial charge in [-0.2, -0.15) is 6.08 Å². The Morgan fingerprint density at radius 1 is 1.44 bits per heavy atom. The van der Waals surface area contributed by atoms with Crippen LogP contribution in [0.2, 0.25) is 0 Å². The van der Waals surface area contributed by atoms with Gasteiger partial charge in [0.15, 0.2) is 0 Å². The molecule has 16 heavy (non-hydrogen) atoms. The Morgan fingerprint density at radius 2 is 2.19 bits per heavy atom. The molecule has 0 radical (unpaired) electrons. The van der Waals surface area contributed by atoms with Gasteiger partial charge in [-0.15, -0.1) is 12.2 Å². The summed E-state index contributed by atoms with van der Waals surface area (Å²) in [7, 11) is 9.87. The van der Waals surface area contributed by atoms with Gasteiger partial charge < -0.3 is 12.6 Å². The predicted molar refractivity (Wildman–Crippen MR) is 68.6 cm³/mol. The van der Waals surface area contributed by atoms with Crippen molar-refractivity contribution in [2.75, 3.05) is 0 Å². The van der Waals surface area contributed by atoms with Crippen LogP contribution in [0.15, 0.2) is 42.6 Å². The zero-order chi connectivity index (χ0) is 12.1. The molecule has 0 amide bonds. The summed E-state index contributed by atoms with van der Waals surface area (Å²) in [5.74, 6) is 0.612. The molecule has 0 aromatic carbocycles. The van der Waals surface area contributed by atoms with Gasteiger partial charge in [0.1, 0.15) is 0 Å². The molecule has 1 nitrogen and oxygen atoms in total. The second kappa shape index (κ2) is 13.5. The molecule has 0 unspecified atom stereocenters. The van der Waals surface area contributed by atoms with E-state index in [1.807, 2.05) is 30.4 Å². The molecule has 0 bridgehead atoms. The van der Waals surface area contributed by atoms with E-state index in [2.05, 4.69) is 17.1 Å². The Labute approximate surface area is 121 Å². The quantitative estimate of drug-likeness (QED) is 0.564. The van der Waals surface area contributed by atoms with Gasteiger partial charge in [0.25, 0.3) is 0 Å². The van der Waals surface area contributed by atoms with Gasteiger partial charge in [-0.3, -0.25) is 11.1 Å². The Kier molecular flexibility index (Phi) is 13.9. The number of hydrogen-bond donors (Lipinski definition) is 0. The Morgan fingerprint density at radius 3 is 2.44 bits per heavy atom. The van der Waals surface area contributed by atoms with Crippen LogP contribution in [0, 0.1) is 6.08 Å². The molecule has 0 atom stereocenters. The minimum absolute atomic E-state index is 0.612. The normalized spacial score (nSPS) is 10.7. The molecular formula is C11H11Cl2NSZr. The average Bonchev–Trinajstić information content (AvgIpc) is 2.90. The molecule has 0 aliphatic heterocycles. The monoisotopic (exact) mass is 349 g/mol. The van der Waals surface area contributed by atoms with E-state index in [1.54, 1.807) is 6.20 Å². The van der Waals surface area contributed by atoms with Crippen LogP contribution in [0.4, 0.5) is 0 Å². The van der Waals surface area contributed by atoms with Crippen molar-refractivity contribution in [1.82, 2.24) is 4.98 Å². The first kappa shape index (κ1) is 16.4. The number of allylic oxidation sites excluding steroid dienone is 4. The molecule has 5 heteroatoms. The van der Waals surface area contributed by atoms with Gasteiger partial charge >= 0.3 is 37.9 Å². The second-order valence-electron chi connectivity index (χ2n) is 2.54. The van der Waals surface area contributed by atoms with Crippen LogP contribution in [0.1, 0.15) is 12.1 Å². The van der Waals surface area contributed by atoms with E-state index >= 15 is 0 Å². The fraction of sp³-hybridized carbons (Fsp3) is 0.182. The first-order valence-electron chi connectivity index (χ1n) is 4.51. The van der Waals surface area contributed by atoms with E-state index in [9.17, 15) is 0 Å². The molecule has 2 rings (SSSR count). The van der Waals surface area contributed by atoms with Crippen molar-refractivity contribution in [2.24, 2.45) is 0 Å². The average molecular weight is 351 g/mol. The second-order valence-corrected chi connectivity index (χ2v) is 6.56. The smallest absolute Gasteiger partial charge is 0.0270 e.